The largest absolute Gasteiger partial charge is 0.496 e. The number of nitrogens with zero attached hydrogens (tertiary/aromatic N) is 3. The van der Waals surface area contributed by atoms with Crippen LogP contribution in [0.5, 0.6) is 5.75 Å². The topological polar surface area (TPSA) is 74.8 Å². The second-order valence-electron chi connectivity index (χ2n) is 6.35. The summed E-state index contributed by atoms with van der Waals surface area (Å²) in [5.74, 6) is 1.50. The summed E-state index contributed by atoms with van der Waals surface area (Å²) in [5.41, 5.74) is 1.72. The Hall–Kier alpha value is -3.09. The first kappa shape index (κ1) is 18.7. The molecule has 1 aliphatic rings. The fourth-order valence-electron chi connectivity index (χ4n) is 3.11. The number of amides is 2. The zero-order valence-corrected chi connectivity index (χ0v) is 15.4. The number of carbonyl (C=O) groups is 2. The Bertz CT molecular complexity index is 788. The van der Waals surface area contributed by atoms with Crippen LogP contribution in [0.1, 0.15) is 15.9 Å². The first-order chi connectivity index (χ1) is 13.2. The van der Waals surface area contributed by atoms with Crippen LogP contribution in [0.2, 0.25) is 0 Å². The number of anilines is 1. The van der Waals surface area contributed by atoms with Crippen molar-refractivity contribution in [3.8, 4) is 5.75 Å². The lowest BCUT2D eigenvalue weighted by molar-refractivity contribution is -0.119. The van der Waals surface area contributed by atoms with Crippen molar-refractivity contribution in [2.24, 2.45) is 0 Å². The standard InChI is InChI=1S/C20H24N4O3/c1-27-18-5-3-2-4-16(18)6-8-21-19-14-17(7-9-22-19)20(26)24-12-10-23(15-25)11-13-24/h2-5,7,9,14-15H,6,8,10-13H2,1H3,(H,21,22). The van der Waals surface area contributed by atoms with Crippen molar-refractivity contribution in [1.82, 2.24) is 14.8 Å². The van der Waals surface area contributed by atoms with Crippen molar-refractivity contribution in [2.75, 3.05) is 45.2 Å². The van der Waals surface area contributed by atoms with Crippen molar-refractivity contribution >= 4 is 18.1 Å². The molecular formula is C20H24N4O3. The molecule has 1 fully saturated rings. The number of piperazine rings is 1. The Morgan fingerprint density at radius 3 is 2.74 bits per heavy atom. The minimum absolute atomic E-state index is 0.0317. The quantitative estimate of drug-likeness (QED) is 0.753. The van der Waals surface area contributed by atoms with Crippen LogP contribution in [0.15, 0.2) is 42.6 Å². The van der Waals surface area contributed by atoms with E-state index in [0.717, 1.165) is 24.1 Å². The van der Waals surface area contributed by atoms with E-state index in [2.05, 4.69) is 10.3 Å². The number of pyridine rings is 1. The molecule has 3 rings (SSSR count). The van der Waals surface area contributed by atoms with Crippen LogP contribution in [0, 0.1) is 0 Å². The van der Waals surface area contributed by atoms with Gasteiger partial charge in [-0.2, -0.15) is 0 Å². The molecule has 2 amide bonds. The number of hydrogen-bond donors (Lipinski definition) is 1. The molecule has 1 aromatic carbocycles. The summed E-state index contributed by atoms with van der Waals surface area (Å²) in [7, 11) is 1.66. The molecule has 1 aromatic heterocycles. The third-order valence-corrected chi connectivity index (χ3v) is 4.65. The van der Waals surface area contributed by atoms with Gasteiger partial charge in [-0.05, 0) is 30.2 Å². The molecule has 27 heavy (non-hydrogen) atoms. The number of benzene rings is 1. The lowest BCUT2D eigenvalue weighted by atomic mass is 10.1. The zero-order valence-electron chi connectivity index (χ0n) is 15.4. The van der Waals surface area contributed by atoms with E-state index in [1.807, 2.05) is 24.3 Å². The summed E-state index contributed by atoms with van der Waals surface area (Å²) in [6.45, 7) is 2.94. The van der Waals surface area contributed by atoms with Gasteiger partial charge in [-0.1, -0.05) is 18.2 Å². The molecule has 7 heteroatoms. The SMILES string of the molecule is COc1ccccc1CCNc1cc(C(=O)N2CCN(C=O)CC2)ccn1. The molecule has 0 unspecified atom stereocenters. The highest BCUT2D eigenvalue weighted by atomic mass is 16.5. The van der Waals surface area contributed by atoms with Crippen LogP contribution >= 0.6 is 0 Å². The Morgan fingerprint density at radius 1 is 1.22 bits per heavy atom. The molecule has 0 aliphatic carbocycles. The van der Waals surface area contributed by atoms with Crippen molar-refractivity contribution in [3.63, 3.8) is 0 Å². The number of aromatic nitrogens is 1. The minimum Gasteiger partial charge on any atom is -0.496 e. The molecule has 0 bridgehead atoms. The van der Waals surface area contributed by atoms with Gasteiger partial charge in [-0.15, -0.1) is 0 Å². The number of hydrogen-bond acceptors (Lipinski definition) is 5. The normalized spacial score (nSPS) is 14.0. The van der Waals surface area contributed by atoms with Gasteiger partial charge in [0, 0.05) is 44.5 Å². The zero-order chi connectivity index (χ0) is 19.1. The molecular weight excluding hydrogens is 344 g/mol. The summed E-state index contributed by atoms with van der Waals surface area (Å²) in [6, 6.07) is 11.4. The van der Waals surface area contributed by atoms with Crippen molar-refractivity contribution in [3.05, 3.63) is 53.7 Å². The molecule has 0 radical (unpaired) electrons. The maximum atomic E-state index is 12.7. The summed E-state index contributed by atoms with van der Waals surface area (Å²) in [5, 5.41) is 3.27. The molecule has 2 aromatic rings. The molecule has 2 heterocycles. The lowest BCUT2D eigenvalue weighted by Crippen LogP contribution is -2.48. The number of methoxy groups -OCH3 is 1. The second-order valence-corrected chi connectivity index (χ2v) is 6.35. The highest BCUT2D eigenvalue weighted by molar-refractivity contribution is 5.95. The smallest absolute Gasteiger partial charge is 0.254 e. The van der Waals surface area contributed by atoms with Gasteiger partial charge < -0.3 is 19.9 Å². The lowest BCUT2D eigenvalue weighted by Gasteiger charge is -2.32. The fourth-order valence-corrected chi connectivity index (χ4v) is 3.11. The second kappa shape index (κ2) is 9.02. The van der Waals surface area contributed by atoms with Gasteiger partial charge in [0.1, 0.15) is 11.6 Å². The first-order valence-electron chi connectivity index (χ1n) is 9.01. The van der Waals surface area contributed by atoms with E-state index in [1.165, 1.54) is 0 Å². The van der Waals surface area contributed by atoms with Crippen LogP contribution in [0.3, 0.4) is 0 Å². The molecule has 0 saturated carbocycles. The molecule has 1 saturated heterocycles. The van der Waals surface area contributed by atoms with Gasteiger partial charge in [-0.3, -0.25) is 9.59 Å². The van der Waals surface area contributed by atoms with Crippen molar-refractivity contribution in [2.45, 2.75) is 6.42 Å². The van der Waals surface area contributed by atoms with E-state index in [1.54, 1.807) is 35.2 Å². The van der Waals surface area contributed by atoms with Gasteiger partial charge in [0.25, 0.3) is 5.91 Å². The molecule has 0 atom stereocenters. The average molecular weight is 368 g/mol. The average Bonchev–Trinajstić information content (AvgIpc) is 2.74. The van der Waals surface area contributed by atoms with Crippen LogP contribution in [0.25, 0.3) is 0 Å². The predicted octanol–water partition coefficient (Wildman–Crippen LogP) is 1.66. The summed E-state index contributed by atoms with van der Waals surface area (Å²) < 4.78 is 5.36. The number of nitrogens with one attached hydrogen (secondary N) is 1. The number of rotatable bonds is 7. The predicted molar refractivity (Wildman–Crippen MR) is 103 cm³/mol. The van der Waals surface area contributed by atoms with Crippen molar-refractivity contribution in [1.29, 1.82) is 0 Å². The highest BCUT2D eigenvalue weighted by Crippen LogP contribution is 2.18. The maximum Gasteiger partial charge on any atom is 0.254 e. The maximum absolute atomic E-state index is 12.7. The van der Waals surface area contributed by atoms with E-state index < -0.39 is 0 Å². The summed E-state index contributed by atoms with van der Waals surface area (Å²) in [4.78, 5) is 31.2. The Labute approximate surface area is 158 Å². The van der Waals surface area contributed by atoms with E-state index in [0.29, 0.717) is 44.1 Å². The first-order valence-corrected chi connectivity index (χ1v) is 9.01. The molecule has 1 aliphatic heterocycles. The van der Waals surface area contributed by atoms with Crippen LogP contribution < -0.4 is 10.1 Å². The monoisotopic (exact) mass is 368 g/mol. The van der Waals surface area contributed by atoms with E-state index in [-0.39, 0.29) is 5.91 Å². The number of carbonyl (C=O) groups excluding carboxylic acids is 2. The Balaban J connectivity index is 1.57. The third kappa shape index (κ3) is 4.75. The van der Waals surface area contributed by atoms with Crippen LogP contribution in [-0.2, 0) is 11.2 Å². The molecule has 142 valence electrons. The summed E-state index contributed by atoms with van der Waals surface area (Å²) in [6.07, 6.45) is 3.26. The Morgan fingerprint density at radius 2 is 2.00 bits per heavy atom. The van der Waals surface area contributed by atoms with Gasteiger partial charge in [0.05, 0.1) is 7.11 Å². The van der Waals surface area contributed by atoms with Gasteiger partial charge in [-0.25, -0.2) is 4.98 Å². The van der Waals surface area contributed by atoms with Gasteiger partial charge >= 0.3 is 0 Å². The van der Waals surface area contributed by atoms with E-state index in [9.17, 15) is 9.59 Å². The molecule has 7 nitrogen and oxygen atoms in total. The molecule has 1 N–H and O–H groups in total. The minimum atomic E-state index is -0.0317. The third-order valence-electron chi connectivity index (χ3n) is 4.65. The van der Waals surface area contributed by atoms with Crippen LogP contribution in [-0.4, -0.2) is 66.9 Å². The molecule has 0 spiro atoms. The fraction of sp³-hybridized carbons (Fsp3) is 0.350. The highest BCUT2D eigenvalue weighted by Gasteiger charge is 2.21. The van der Waals surface area contributed by atoms with Crippen LogP contribution in [0.4, 0.5) is 5.82 Å². The Kier molecular flexibility index (Phi) is 6.25. The number of para-hydroxylation sites is 1. The summed E-state index contributed by atoms with van der Waals surface area (Å²) >= 11 is 0. The van der Waals surface area contributed by atoms with Gasteiger partial charge in [0.15, 0.2) is 0 Å². The van der Waals surface area contributed by atoms with E-state index in [4.69, 9.17) is 4.74 Å². The van der Waals surface area contributed by atoms with Gasteiger partial charge in [0.2, 0.25) is 6.41 Å². The number of ether oxygens (including phenoxy) is 1. The van der Waals surface area contributed by atoms with E-state index >= 15 is 0 Å². The van der Waals surface area contributed by atoms with Crippen molar-refractivity contribution < 1.29 is 14.3 Å².